The van der Waals surface area contributed by atoms with Crippen LogP contribution in [0.2, 0.25) is 0 Å². The number of nitrogens with zero attached hydrogens (tertiary/aromatic N) is 1. The maximum Gasteiger partial charge on any atom is 0.229 e. The number of benzene rings is 1. The number of carbonyl (C=O) groups is 2. The van der Waals surface area contributed by atoms with Crippen molar-refractivity contribution in [1.29, 1.82) is 0 Å². The van der Waals surface area contributed by atoms with Gasteiger partial charge in [0.2, 0.25) is 11.8 Å². The number of ether oxygens (including phenoxy) is 2. The number of aromatic hydroxyl groups is 1. The first kappa shape index (κ1) is 16.1. The first-order valence-corrected chi connectivity index (χ1v) is 6.99. The van der Waals surface area contributed by atoms with Crippen molar-refractivity contribution in [2.24, 2.45) is 5.92 Å². The summed E-state index contributed by atoms with van der Waals surface area (Å²) >= 11 is 0. The lowest BCUT2D eigenvalue weighted by Gasteiger charge is -2.16. The summed E-state index contributed by atoms with van der Waals surface area (Å²) < 4.78 is 9.94. The van der Waals surface area contributed by atoms with Crippen molar-refractivity contribution in [2.45, 2.75) is 6.42 Å². The standard InChI is InChI=1S/C15H20N2O5/c1-21-6-5-17-9-10(7-14(17)19)15(20)16-11-3-4-12(18)13(8-11)22-2/h3-4,8,10,18H,5-7,9H2,1-2H3,(H,16,20). The van der Waals surface area contributed by atoms with Crippen LogP contribution in [0.4, 0.5) is 5.69 Å². The molecular formula is C15H20N2O5. The zero-order valence-corrected chi connectivity index (χ0v) is 12.7. The van der Waals surface area contributed by atoms with Crippen molar-refractivity contribution < 1.29 is 24.2 Å². The molecule has 22 heavy (non-hydrogen) atoms. The van der Waals surface area contributed by atoms with E-state index in [-0.39, 0.29) is 35.7 Å². The van der Waals surface area contributed by atoms with E-state index in [4.69, 9.17) is 9.47 Å². The van der Waals surface area contributed by atoms with Crippen molar-refractivity contribution in [1.82, 2.24) is 4.90 Å². The Hall–Kier alpha value is -2.28. The lowest BCUT2D eigenvalue weighted by atomic mass is 10.1. The molecule has 7 nitrogen and oxygen atoms in total. The molecule has 120 valence electrons. The summed E-state index contributed by atoms with van der Waals surface area (Å²) in [4.78, 5) is 25.7. The molecule has 0 spiro atoms. The van der Waals surface area contributed by atoms with Gasteiger partial charge in [0.25, 0.3) is 0 Å². The van der Waals surface area contributed by atoms with Gasteiger partial charge >= 0.3 is 0 Å². The Labute approximate surface area is 128 Å². The number of methoxy groups -OCH3 is 2. The third-order valence-electron chi connectivity index (χ3n) is 3.60. The van der Waals surface area contributed by atoms with Gasteiger partial charge in [-0.3, -0.25) is 9.59 Å². The van der Waals surface area contributed by atoms with Crippen LogP contribution in [0, 0.1) is 5.92 Å². The molecule has 2 amide bonds. The van der Waals surface area contributed by atoms with Crippen molar-refractivity contribution in [3.8, 4) is 11.5 Å². The highest BCUT2D eigenvalue weighted by molar-refractivity contribution is 5.97. The summed E-state index contributed by atoms with van der Waals surface area (Å²) in [5, 5.41) is 12.3. The van der Waals surface area contributed by atoms with Crippen LogP contribution in [0.5, 0.6) is 11.5 Å². The van der Waals surface area contributed by atoms with Crippen LogP contribution in [0.15, 0.2) is 18.2 Å². The van der Waals surface area contributed by atoms with Crippen molar-refractivity contribution in [3.63, 3.8) is 0 Å². The Balaban J connectivity index is 1.97. The predicted molar refractivity (Wildman–Crippen MR) is 79.9 cm³/mol. The van der Waals surface area contributed by atoms with Crippen LogP contribution in [0.3, 0.4) is 0 Å². The molecule has 1 unspecified atom stereocenters. The fourth-order valence-electron chi connectivity index (χ4n) is 2.37. The minimum atomic E-state index is -0.385. The molecule has 1 saturated heterocycles. The number of carbonyl (C=O) groups excluding carboxylic acids is 2. The highest BCUT2D eigenvalue weighted by Gasteiger charge is 2.34. The summed E-state index contributed by atoms with van der Waals surface area (Å²) in [5.41, 5.74) is 0.516. The van der Waals surface area contributed by atoms with E-state index in [1.807, 2.05) is 0 Å². The quantitative estimate of drug-likeness (QED) is 0.760. The molecule has 0 radical (unpaired) electrons. The minimum Gasteiger partial charge on any atom is -0.504 e. The molecule has 0 bridgehead atoms. The van der Waals surface area contributed by atoms with Gasteiger partial charge in [-0.25, -0.2) is 0 Å². The molecule has 1 aliphatic heterocycles. The number of amides is 2. The van der Waals surface area contributed by atoms with Gasteiger partial charge in [-0.05, 0) is 12.1 Å². The fraction of sp³-hybridized carbons (Fsp3) is 0.467. The van der Waals surface area contributed by atoms with Gasteiger partial charge in [-0.15, -0.1) is 0 Å². The van der Waals surface area contributed by atoms with Crippen molar-refractivity contribution in [3.05, 3.63) is 18.2 Å². The summed E-state index contributed by atoms with van der Waals surface area (Å²) in [6.45, 7) is 1.34. The Morgan fingerprint density at radius 1 is 1.45 bits per heavy atom. The third kappa shape index (κ3) is 3.67. The Bertz CT molecular complexity index is 561. The zero-order valence-electron chi connectivity index (χ0n) is 12.7. The van der Waals surface area contributed by atoms with Crippen LogP contribution >= 0.6 is 0 Å². The van der Waals surface area contributed by atoms with E-state index in [9.17, 15) is 14.7 Å². The van der Waals surface area contributed by atoms with Gasteiger partial charge < -0.3 is 24.8 Å². The van der Waals surface area contributed by atoms with E-state index in [1.165, 1.54) is 19.2 Å². The molecule has 2 rings (SSSR count). The number of rotatable bonds is 6. The third-order valence-corrected chi connectivity index (χ3v) is 3.60. The van der Waals surface area contributed by atoms with Crippen LogP contribution in [-0.4, -0.2) is 55.7 Å². The second-order valence-electron chi connectivity index (χ2n) is 5.11. The topological polar surface area (TPSA) is 88.1 Å². The number of likely N-dealkylation sites (tertiary alicyclic amines) is 1. The van der Waals surface area contributed by atoms with Crippen LogP contribution in [0.25, 0.3) is 0 Å². The molecule has 0 aromatic heterocycles. The van der Waals surface area contributed by atoms with Crippen molar-refractivity contribution >= 4 is 17.5 Å². The molecule has 2 N–H and O–H groups in total. The summed E-state index contributed by atoms with van der Waals surface area (Å²) in [6.07, 6.45) is 0.199. The van der Waals surface area contributed by atoms with Gasteiger partial charge in [0, 0.05) is 38.4 Å². The van der Waals surface area contributed by atoms with Gasteiger partial charge in [0.05, 0.1) is 19.6 Å². The van der Waals surface area contributed by atoms with Crippen LogP contribution in [0.1, 0.15) is 6.42 Å². The number of phenols is 1. The normalized spacial score (nSPS) is 17.6. The first-order valence-electron chi connectivity index (χ1n) is 6.99. The molecule has 1 heterocycles. The molecule has 0 saturated carbocycles. The van der Waals surface area contributed by atoms with Gasteiger partial charge in [-0.1, -0.05) is 0 Å². The van der Waals surface area contributed by atoms with Crippen molar-refractivity contribution in [2.75, 3.05) is 39.2 Å². The van der Waals surface area contributed by atoms with Gasteiger partial charge in [0.15, 0.2) is 11.5 Å². The zero-order chi connectivity index (χ0) is 16.1. The number of hydrogen-bond donors (Lipinski definition) is 2. The lowest BCUT2D eigenvalue weighted by Crippen LogP contribution is -2.30. The maximum absolute atomic E-state index is 12.2. The number of phenolic OH excluding ortho intramolecular Hbond substituents is 1. The lowest BCUT2D eigenvalue weighted by molar-refractivity contribution is -0.128. The van der Waals surface area contributed by atoms with Crippen LogP contribution < -0.4 is 10.1 Å². The summed E-state index contributed by atoms with van der Waals surface area (Å²) in [7, 11) is 3.01. The van der Waals surface area contributed by atoms with Crippen LogP contribution in [-0.2, 0) is 14.3 Å². The van der Waals surface area contributed by atoms with E-state index >= 15 is 0 Å². The summed E-state index contributed by atoms with van der Waals surface area (Å²) in [5.74, 6) is -0.366. The number of hydrogen-bond acceptors (Lipinski definition) is 5. The van der Waals surface area contributed by atoms with E-state index in [0.29, 0.717) is 25.4 Å². The monoisotopic (exact) mass is 308 g/mol. The molecule has 1 aromatic carbocycles. The highest BCUT2D eigenvalue weighted by Crippen LogP contribution is 2.29. The largest absolute Gasteiger partial charge is 0.504 e. The maximum atomic E-state index is 12.2. The molecule has 1 aliphatic rings. The average Bonchev–Trinajstić information content (AvgIpc) is 2.88. The average molecular weight is 308 g/mol. The predicted octanol–water partition coefficient (Wildman–Crippen LogP) is 0.834. The minimum absolute atomic E-state index is 0.00211. The molecular weight excluding hydrogens is 288 g/mol. The van der Waals surface area contributed by atoms with Gasteiger partial charge in [-0.2, -0.15) is 0 Å². The highest BCUT2D eigenvalue weighted by atomic mass is 16.5. The Morgan fingerprint density at radius 2 is 2.23 bits per heavy atom. The second kappa shape index (κ2) is 7.13. The fourth-order valence-corrected chi connectivity index (χ4v) is 2.37. The van der Waals surface area contributed by atoms with E-state index in [2.05, 4.69) is 5.32 Å². The number of nitrogens with one attached hydrogen (secondary N) is 1. The molecule has 1 atom stereocenters. The second-order valence-corrected chi connectivity index (χ2v) is 5.11. The Kier molecular flexibility index (Phi) is 5.21. The Morgan fingerprint density at radius 3 is 2.91 bits per heavy atom. The number of anilines is 1. The van der Waals surface area contributed by atoms with E-state index in [0.717, 1.165) is 0 Å². The first-order chi connectivity index (χ1) is 10.5. The SMILES string of the molecule is COCCN1CC(C(=O)Nc2ccc(O)c(OC)c2)CC1=O. The molecule has 1 fully saturated rings. The summed E-state index contributed by atoms with van der Waals surface area (Å²) in [6, 6.07) is 4.56. The molecule has 0 aliphatic carbocycles. The van der Waals surface area contributed by atoms with E-state index < -0.39 is 0 Å². The molecule has 7 heteroatoms. The van der Waals surface area contributed by atoms with E-state index in [1.54, 1.807) is 18.1 Å². The molecule has 1 aromatic rings. The smallest absolute Gasteiger partial charge is 0.229 e. The van der Waals surface area contributed by atoms with Gasteiger partial charge in [0.1, 0.15) is 0 Å².